The molecule has 20 heavy (non-hydrogen) atoms. The Morgan fingerprint density at radius 2 is 2.05 bits per heavy atom. The van der Waals surface area contributed by atoms with Gasteiger partial charge in [0, 0.05) is 29.3 Å². The Hall–Kier alpha value is -0.750. The molecule has 1 saturated carbocycles. The number of likely N-dealkylation sites (N-methyl/N-ethyl adjacent to an activating group) is 1. The van der Waals surface area contributed by atoms with Gasteiger partial charge in [-0.2, -0.15) is 13.2 Å². The summed E-state index contributed by atoms with van der Waals surface area (Å²) in [6.45, 7) is 4.31. The van der Waals surface area contributed by atoms with E-state index >= 15 is 0 Å². The molecule has 6 heteroatoms. The molecule has 0 aromatic heterocycles. The van der Waals surface area contributed by atoms with Crippen molar-refractivity contribution in [3.05, 3.63) is 28.2 Å². The molecule has 0 spiro atoms. The molecule has 0 unspecified atom stereocenters. The largest absolute Gasteiger partial charge is 0.418 e. The molecule has 1 aromatic rings. The summed E-state index contributed by atoms with van der Waals surface area (Å²) in [5.41, 5.74) is -0.478. The molecule has 0 atom stereocenters. The van der Waals surface area contributed by atoms with Crippen molar-refractivity contribution in [2.24, 2.45) is 0 Å². The molecular formula is C14H18BrF3N2. The van der Waals surface area contributed by atoms with E-state index in [2.05, 4.69) is 33.1 Å². The number of hydrogen-bond acceptors (Lipinski definition) is 2. The van der Waals surface area contributed by atoms with Crippen LogP contribution in [-0.4, -0.2) is 30.6 Å². The maximum absolute atomic E-state index is 12.9. The van der Waals surface area contributed by atoms with E-state index in [1.54, 1.807) is 0 Å². The minimum absolute atomic E-state index is 0.138. The zero-order chi connectivity index (χ0) is 14.8. The van der Waals surface area contributed by atoms with Gasteiger partial charge in [-0.15, -0.1) is 0 Å². The first-order valence-corrected chi connectivity index (χ1v) is 7.55. The third kappa shape index (κ3) is 4.12. The molecule has 0 heterocycles. The lowest BCUT2D eigenvalue weighted by atomic mass is 10.1. The van der Waals surface area contributed by atoms with E-state index in [0.29, 0.717) is 17.1 Å². The van der Waals surface area contributed by atoms with Gasteiger partial charge in [-0.25, -0.2) is 0 Å². The van der Waals surface area contributed by atoms with Crippen molar-refractivity contribution >= 4 is 21.6 Å². The lowest BCUT2D eigenvalue weighted by Gasteiger charge is -2.21. The van der Waals surface area contributed by atoms with Gasteiger partial charge in [-0.05, 0) is 37.6 Å². The van der Waals surface area contributed by atoms with E-state index in [0.717, 1.165) is 19.2 Å². The Balaban J connectivity index is 1.99. The second-order valence-electron chi connectivity index (χ2n) is 4.97. The number of alkyl halides is 3. The quantitative estimate of drug-likeness (QED) is 0.819. The van der Waals surface area contributed by atoms with Crippen LogP contribution in [0, 0.1) is 0 Å². The highest BCUT2D eigenvalue weighted by Crippen LogP contribution is 2.36. The van der Waals surface area contributed by atoms with Crippen LogP contribution >= 0.6 is 15.9 Å². The molecule has 0 aliphatic heterocycles. The minimum atomic E-state index is -4.33. The van der Waals surface area contributed by atoms with Crippen LogP contribution in [0.3, 0.4) is 0 Å². The number of hydrogen-bond donors (Lipinski definition) is 1. The monoisotopic (exact) mass is 350 g/mol. The number of nitrogens with zero attached hydrogens (tertiary/aromatic N) is 1. The Morgan fingerprint density at radius 1 is 1.35 bits per heavy atom. The fourth-order valence-electron chi connectivity index (χ4n) is 2.28. The second kappa shape index (κ2) is 6.35. The van der Waals surface area contributed by atoms with Crippen LogP contribution in [0.1, 0.15) is 25.3 Å². The highest BCUT2D eigenvalue weighted by molar-refractivity contribution is 9.10. The van der Waals surface area contributed by atoms with Gasteiger partial charge in [0.25, 0.3) is 0 Å². The molecule has 112 valence electrons. The van der Waals surface area contributed by atoms with Gasteiger partial charge in [0.1, 0.15) is 0 Å². The molecule has 0 bridgehead atoms. The Morgan fingerprint density at radius 3 is 2.60 bits per heavy atom. The molecule has 0 saturated heterocycles. The molecular weight excluding hydrogens is 333 g/mol. The van der Waals surface area contributed by atoms with Gasteiger partial charge in [0.05, 0.1) is 5.56 Å². The summed E-state index contributed by atoms with van der Waals surface area (Å²) in [4.78, 5) is 2.30. The SMILES string of the molecule is CCN(CCNc1cc(Br)ccc1C(F)(F)F)C1CC1. The smallest absolute Gasteiger partial charge is 0.383 e. The standard InChI is InChI=1S/C14H18BrF3N2/c1-2-20(11-4-5-11)8-7-19-13-9-10(15)3-6-12(13)14(16,17)18/h3,6,9,11,19H,2,4-5,7-8H2,1H3. The van der Waals surface area contributed by atoms with E-state index in [1.165, 1.54) is 25.0 Å². The van der Waals surface area contributed by atoms with Crippen LogP contribution < -0.4 is 5.32 Å². The number of rotatable bonds is 6. The molecule has 0 radical (unpaired) electrons. The normalized spacial score (nSPS) is 15.7. The zero-order valence-corrected chi connectivity index (χ0v) is 12.9. The Bertz CT molecular complexity index is 458. The van der Waals surface area contributed by atoms with Crippen LogP contribution in [0.4, 0.5) is 18.9 Å². The first-order valence-electron chi connectivity index (χ1n) is 6.76. The summed E-state index contributed by atoms with van der Waals surface area (Å²) in [6, 6.07) is 4.63. The molecule has 1 aliphatic rings. The fourth-order valence-corrected chi connectivity index (χ4v) is 2.64. The topological polar surface area (TPSA) is 15.3 Å². The summed E-state index contributed by atoms with van der Waals surface area (Å²) in [7, 11) is 0. The zero-order valence-electron chi connectivity index (χ0n) is 11.3. The first kappa shape index (κ1) is 15.6. The van der Waals surface area contributed by atoms with Crippen LogP contribution in [0.5, 0.6) is 0 Å². The summed E-state index contributed by atoms with van der Waals surface area (Å²) < 4.78 is 39.4. The lowest BCUT2D eigenvalue weighted by molar-refractivity contribution is -0.137. The Kier molecular flexibility index (Phi) is 4.96. The molecule has 2 nitrogen and oxygen atoms in total. The van der Waals surface area contributed by atoms with Crippen molar-refractivity contribution in [2.45, 2.75) is 32.0 Å². The van der Waals surface area contributed by atoms with Gasteiger partial charge in [0.2, 0.25) is 0 Å². The maximum Gasteiger partial charge on any atom is 0.418 e. The van der Waals surface area contributed by atoms with E-state index in [9.17, 15) is 13.2 Å². The third-order valence-electron chi connectivity index (χ3n) is 3.47. The van der Waals surface area contributed by atoms with Crippen molar-refractivity contribution < 1.29 is 13.2 Å². The molecule has 0 amide bonds. The lowest BCUT2D eigenvalue weighted by Crippen LogP contribution is -2.31. The first-order chi connectivity index (χ1) is 9.41. The molecule has 1 fully saturated rings. The highest BCUT2D eigenvalue weighted by Gasteiger charge is 2.33. The van der Waals surface area contributed by atoms with Gasteiger partial charge in [0.15, 0.2) is 0 Å². The summed E-state index contributed by atoms with van der Waals surface area (Å²) >= 11 is 3.21. The molecule has 2 rings (SSSR count). The van der Waals surface area contributed by atoms with Crippen LogP contribution in [0.25, 0.3) is 0 Å². The number of halogens is 4. The van der Waals surface area contributed by atoms with Gasteiger partial charge < -0.3 is 5.32 Å². The fraction of sp³-hybridized carbons (Fsp3) is 0.571. The average molecular weight is 351 g/mol. The summed E-state index contributed by atoms with van der Waals surface area (Å²) in [5, 5.41) is 2.92. The van der Waals surface area contributed by atoms with Crippen molar-refractivity contribution in [1.29, 1.82) is 0 Å². The van der Waals surface area contributed by atoms with E-state index in [4.69, 9.17) is 0 Å². The Labute approximate surface area is 125 Å². The molecule has 1 aliphatic carbocycles. The number of anilines is 1. The van der Waals surface area contributed by atoms with Crippen LogP contribution in [0.2, 0.25) is 0 Å². The number of benzene rings is 1. The highest BCUT2D eigenvalue weighted by atomic mass is 79.9. The van der Waals surface area contributed by atoms with E-state index in [-0.39, 0.29) is 5.69 Å². The molecule has 1 aromatic carbocycles. The predicted octanol–water partition coefficient (Wildman–Crippen LogP) is 4.36. The second-order valence-corrected chi connectivity index (χ2v) is 5.89. The van der Waals surface area contributed by atoms with E-state index < -0.39 is 11.7 Å². The van der Waals surface area contributed by atoms with Crippen molar-refractivity contribution in [2.75, 3.05) is 25.0 Å². The van der Waals surface area contributed by atoms with Gasteiger partial charge in [-0.3, -0.25) is 4.90 Å². The maximum atomic E-state index is 12.9. The molecule has 1 N–H and O–H groups in total. The number of nitrogens with one attached hydrogen (secondary N) is 1. The van der Waals surface area contributed by atoms with Crippen molar-refractivity contribution in [1.82, 2.24) is 4.90 Å². The average Bonchev–Trinajstić information content (AvgIpc) is 3.17. The minimum Gasteiger partial charge on any atom is -0.383 e. The van der Waals surface area contributed by atoms with Crippen LogP contribution in [0.15, 0.2) is 22.7 Å². The van der Waals surface area contributed by atoms with Gasteiger partial charge >= 0.3 is 6.18 Å². The summed E-state index contributed by atoms with van der Waals surface area (Å²) in [5.74, 6) is 0. The van der Waals surface area contributed by atoms with Gasteiger partial charge in [-0.1, -0.05) is 22.9 Å². The predicted molar refractivity (Wildman–Crippen MR) is 77.9 cm³/mol. The third-order valence-corrected chi connectivity index (χ3v) is 3.96. The van der Waals surface area contributed by atoms with Crippen molar-refractivity contribution in [3.63, 3.8) is 0 Å². The van der Waals surface area contributed by atoms with Crippen LogP contribution in [-0.2, 0) is 6.18 Å². The summed E-state index contributed by atoms with van der Waals surface area (Å²) in [6.07, 6.45) is -1.92. The van der Waals surface area contributed by atoms with Crippen molar-refractivity contribution in [3.8, 4) is 0 Å². The van der Waals surface area contributed by atoms with E-state index in [1.807, 2.05) is 0 Å².